The molecule has 0 spiro atoms. The second-order valence-electron chi connectivity index (χ2n) is 7.85. The number of fused-ring (bicyclic) bond motifs is 1. The average molecular weight is 414 g/mol. The molecule has 2 aromatic carbocycles. The van der Waals surface area contributed by atoms with Crippen LogP contribution in [0.25, 0.3) is 10.8 Å². The van der Waals surface area contributed by atoms with Gasteiger partial charge < -0.3 is 19.0 Å². The molecule has 1 aliphatic rings. The van der Waals surface area contributed by atoms with Gasteiger partial charge in [-0.2, -0.15) is 0 Å². The standard InChI is InChI=1S/C24H31NO5/c1-18(21-13-12-20-10-6-7-11-22(20)15-21)25-30-14-8-4-5-9-19-16-28-24(2,29-17-19)23(26)27-3/h6-7,10-13,15,19H,4-5,8-9,14,16-17H2,1-3H3. The van der Waals surface area contributed by atoms with E-state index in [0.29, 0.717) is 25.7 Å². The number of carbonyl (C=O) groups is 1. The molecule has 1 aliphatic heterocycles. The molecule has 3 rings (SSSR count). The predicted molar refractivity (Wildman–Crippen MR) is 116 cm³/mol. The summed E-state index contributed by atoms with van der Waals surface area (Å²) in [5, 5.41) is 6.68. The molecule has 30 heavy (non-hydrogen) atoms. The van der Waals surface area contributed by atoms with Gasteiger partial charge in [0.15, 0.2) is 0 Å². The number of benzene rings is 2. The van der Waals surface area contributed by atoms with E-state index in [1.165, 1.54) is 17.9 Å². The van der Waals surface area contributed by atoms with Crippen LogP contribution in [0.3, 0.4) is 0 Å². The lowest BCUT2D eigenvalue weighted by atomic mass is 10.0. The number of unbranched alkanes of at least 4 members (excludes halogenated alkanes) is 2. The van der Waals surface area contributed by atoms with E-state index >= 15 is 0 Å². The highest BCUT2D eigenvalue weighted by Gasteiger charge is 2.41. The first-order valence-electron chi connectivity index (χ1n) is 10.5. The zero-order valence-corrected chi connectivity index (χ0v) is 18.1. The molecule has 0 saturated carbocycles. The van der Waals surface area contributed by atoms with Gasteiger partial charge in [0.2, 0.25) is 0 Å². The molecule has 1 heterocycles. The van der Waals surface area contributed by atoms with E-state index in [4.69, 9.17) is 19.0 Å². The minimum Gasteiger partial charge on any atom is -0.465 e. The molecule has 0 radical (unpaired) electrons. The first-order chi connectivity index (χ1) is 14.5. The molecule has 0 aromatic heterocycles. The largest absolute Gasteiger partial charge is 0.465 e. The van der Waals surface area contributed by atoms with Crippen LogP contribution in [-0.4, -0.2) is 44.4 Å². The summed E-state index contributed by atoms with van der Waals surface area (Å²) < 4.78 is 15.9. The number of rotatable bonds is 9. The maximum absolute atomic E-state index is 11.7. The Hall–Kier alpha value is -2.44. The third-order valence-electron chi connectivity index (χ3n) is 5.46. The lowest BCUT2D eigenvalue weighted by Gasteiger charge is -2.35. The van der Waals surface area contributed by atoms with Gasteiger partial charge >= 0.3 is 5.97 Å². The van der Waals surface area contributed by atoms with Gasteiger partial charge in [-0.05, 0) is 48.6 Å². The molecule has 0 atom stereocenters. The molecule has 162 valence electrons. The number of carbonyl (C=O) groups excluding carboxylic acids is 1. The van der Waals surface area contributed by atoms with Gasteiger partial charge in [-0.3, -0.25) is 0 Å². The summed E-state index contributed by atoms with van der Waals surface area (Å²) >= 11 is 0. The summed E-state index contributed by atoms with van der Waals surface area (Å²) in [7, 11) is 1.34. The van der Waals surface area contributed by atoms with Gasteiger partial charge in [-0.1, -0.05) is 48.0 Å². The summed E-state index contributed by atoms with van der Waals surface area (Å²) in [4.78, 5) is 17.2. The van der Waals surface area contributed by atoms with E-state index in [-0.39, 0.29) is 0 Å². The number of ether oxygens (including phenoxy) is 3. The van der Waals surface area contributed by atoms with Crippen LogP contribution in [0.15, 0.2) is 47.6 Å². The fourth-order valence-corrected chi connectivity index (χ4v) is 3.50. The molecular weight excluding hydrogens is 382 g/mol. The molecule has 0 aliphatic carbocycles. The molecule has 1 saturated heterocycles. The van der Waals surface area contributed by atoms with Crippen molar-refractivity contribution < 1.29 is 23.8 Å². The van der Waals surface area contributed by atoms with Gasteiger partial charge in [-0.15, -0.1) is 0 Å². The molecular formula is C24H31NO5. The Labute approximate surface area is 178 Å². The highest BCUT2D eigenvalue weighted by Crippen LogP contribution is 2.25. The first-order valence-corrected chi connectivity index (χ1v) is 10.5. The molecule has 2 aromatic rings. The summed E-state index contributed by atoms with van der Waals surface area (Å²) in [6.45, 7) is 5.19. The fourth-order valence-electron chi connectivity index (χ4n) is 3.50. The molecule has 0 N–H and O–H groups in total. The first kappa shape index (κ1) is 22.2. The van der Waals surface area contributed by atoms with Gasteiger partial charge in [0.25, 0.3) is 5.79 Å². The maximum atomic E-state index is 11.7. The quantitative estimate of drug-likeness (QED) is 0.258. The van der Waals surface area contributed by atoms with Crippen molar-refractivity contribution in [2.24, 2.45) is 11.1 Å². The van der Waals surface area contributed by atoms with E-state index < -0.39 is 11.8 Å². The van der Waals surface area contributed by atoms with Crippen molar-refractivity contribution in [3.05, 3.63) is 48.0 Å². The highest BCUT2D eigenvalue weighted by molar-refractivity contribution is 6.01. The Morgan fingerprint density at radius 2 is 1.83 bits per heavy atom. The third-order valence-corrected chi connectivity index (χ3v) is 5.46. The van der Waals surface area contributed by atoms with Crippen LogP contribution in [0.4, 0.5) is 0 Å². The number of nitrogens with zero attached hydrogens (tertiary/aromatic N) is 1. The molecule has 0 amide bonds. The average Bonchev–Trinajstić information content (AvgIpc) is 2.78. The lowest BCUT2D eigenvalue weighted by Crippen LogP contribution is -2.48. The van der Waals surface area contributed by atoms with Crippen LogP contribution in [0.5, 0.6) is 0 Å². The number of hydrogen-bond donors (Lipinski definition) is 0. The minimum atomic E-state index is -1.26. The molecule has 0 bridgehead atoms. The lowest BCUT2D eigenvalue weighted by molar-refractivity contribution is -0.272. The van der Waals surface area contributed by atoms with Crippen molar-refractivity contribution in [2.45, 2.75) is 45.3 Å². The van der Waals surface area contributed by atoms with Gasteiger partial charge in [-0.25, -0.2) is 4.79 Å². The second-order valence-corrected chi connectivity index (χ2v) is 7.85. The van der Waals surface area contributed by atoms with Gasteiger partial charge in [0.05, 0.1) is 26.0 Å². The number of oxime groups is 1. The van der Waals surface area contributed by atoms with Crippen molar-refractivity contribution in [1.29, 1.82) is 0 Å². The van der Waals surface area contributed by atoms with Crippen molar-refractivity contribution in [2.75, 3.05) is 26.9 Å². The summed E-state index contributed by atoms with van der Waals surface area (Å²) in [6.07, 6.45) is 4.05. The van der Waals surface area contributed by atoms with E-state index in [1.54, 1.807) is 6.92 Å². The SMILES string of the molecule is COC(=O)C1(C)OCC(CCCCCON=C(C)c2ccc3ccccc3c2)CO1. The number of methoxy groups -OCH3 is 1. The normalized spacial score (nSPS) is 22.1. The second kappa shape index (κ2) is 10.5. The monoisotopic (exact) mass is 413 g/mol. The summed E-state index contributed by atoms with van der Waals surface area (Å²) in [5.74, 6) is -1.45. The zero-order valence-electron chi connectivity index (χ0n) is 18.1. The van der Waals surface area contributed by atoms with Crippen LogP contribution in [-0.2, 0) is 23.8 Å². The van der Waals surface area contributed by atoms with Crippen LogP contribution < -0.4 is 0 Å². The van der Waals surface area contributed by atoms with E-state index in [1.807, 2.05) is 19.1 Å². The van der Waals surface area contributed by atoms with Gasteiger partial charge in [0.1, 0.15) is 6.61 Å². The summed E-state index contributed by atoms with van der Waals surface area (Å²) in [6, 6.07) is 14.6. The highest BCUT2D eigenvalue weighted by atomic mass is 16.7. The fraction of sp³-hybridized carbons (Fsp3) is 0.500. The molecule has 0 unspecified atom stereocenters. The Kier molecular flexibility index (Phi) is 7.82. The van der Waals surface area contributed by atoms with Crippen LogP contribution in [0, 0.1) is 5.92 Å². The smallest absolute Gasteiger partial charge is 0.366 e. The Morgan fingerprint density at radius 3 is 2.57 bits per heavy atom. The zero-order chi connectivity index (χ0) is 21.4. The number of esters is 1. The van der Waals surface area contributed by atoms with Crippen molar-refractivity contribution in [3.63, 3.8) is 0 Å². The van der Waals surface area contributed by atoms with Crippen molar-refractivity contribution in [1.82, 2.24) is 0 Å². The molecule has 6 heteroatoms. The van der Waals surface area contributed by atoms with Crippen LogP contribution in [0.1, 0.15) is 45.1 Å². The van der Waals surface area contributed by atoms with Gasteiger partial charge in [0, 0.05) is 12.8 Å². The topological polar surface area (TPSA) is 66.4 Å². The van der Waals surface area contributed by atoms with E-state index in [2.05, 4.69) is 35.5 Å². The minimum absolute atomic E-state index is 0.303. The van der Waals surface area contributed by atoms with Crippen LogP contribution in [0.2, 0.25) is 0 Å². The Balaban J connectivity index is 1.31. The Bertz CT molecular complexity index is 871. The third kappa shape index (κ3) is 5.80. The maximum Gasteiger partial charge on any atom is 0.366 e. The van der Waals surface area contributed by atoms with Crippen molar-refractivity contribution >= 4 is 22.5 Å². The predicted octanol–water partition coefficient (Wildman–Crippen LogP) is 4.69. The molecule has 6 nitrogen and oxygen atoms in total. The summed E-state index contributed by atoms with van der Waals surface area (Å²) in [5.41, 5.74) is 1.95. The van der Waals surface area contributed by atoms with E-state index in [9.17, 15) is 4.79 Å². The van der Waals surface area contributed by atoms with Crippen LogP contribution >= 0.6 is 0 Å². The Morgan fingerprint density at radius 1 is 1.10 bits per heavy atom. The number of hydrogen-bond acceptors (Lipinski definition) is 6. The van der Waals surface area contributed by atoms with E-state index in [0.717, 1.165) is 37.0 Å². The molecule has 1 fully saturated rings. The van der Waals surface area contributed by atoms with Crippen molar-refractivity contribution in [3.8, 4) is 0 Å².